The average Bonchev–Trinajstić information content (AvgIpc) is 3.35. The number of alkyl halides is 3. The van der Waals surface area contributed by atoms with Crippen LogP contribution in [0.1, 0.15) is 33.3 Å². The Balaban J connectivity index is 1.86. The third-order valence-corrected chi connectivity index (χ3v) is 5.84. The van der Waals surface area contributed by atoms with E-state index < -0.39 is 17.8 Å². The normalized spacial score (nSPS) is 11.3. The Morgan fingerprint density at radius 3 is 2.05 bits per heavy atom. The van der Waals surface area contributed by atoms with Gasteiger partial charge in [0.05, 0.1) is 46.0 Å². The van der Waals surface area contributed by atoms with Crippen LogP contribution in [0.2, 0.25) is 0 Å². The Hall–Kier alpha value is -4.81. The van der Waals surface area contributed by atoms with E-state index in [4.69, 9.17) is 18.9 Å². The number of nitrogens with one attached hydrogen (secondary N) is 1. The van der Waals surface area contributed by atoms with Gasteiger partial charge < -0.3 is 24.3 Å². The maximum absolute atomic E-state index is 14.0. The van der Waals surface area contributed by atoms with Crippen molar-refractivity contribution >= 4 is 23.0 Å². The summed E-state index contributed by atoms with van der Waals surface area (Å²) in [6.07, 6.45) is -3.85. The van der Waals surface area contributed by atoms with Gasteiger partial charge in [0.15, 0.2) is 40.1 Å². The van der Waals surface area contributed by atoms with Gasteiger partial charge in [-0.25, -0.2) is 9.50 Å². The molecule has 0 saturated heterocycles. The molecule has 4 rings (SSSR count). The molecular formula is C26H23F3N4O6. The zero-order chi connectivity index (χ0) is 28.5. The summed E-state index contributed by atoms with van der Waals surface area (Å²) in [4.78, 5) is 29.9. The van der Waals surface area contributed by atoms with E-state index in [0.29, 0.717) is 10.3 Å². The minimum atomic E-state index is -4.82. The second-order valence-corrected chi connectivity index (χ2v) is 8.15. The number of anilines is 1. The molecule has 0 fully saturated rings. The van der Waals surface area contributed by atoms with E-state index in [1.165, 1.54) is 65.7 Å². The van der Waals surface area contributed by atoms with Gasteiger partial charge >= 0.3 is 6.18 Å². The van der Waals surface area contributed by atoms with Gasteiger partial charge in [0.25, 0.3) is 5.91 Å². The van der Waals surface area contributed by atoms with Crippen LogP contribution in [-0.2, 0) is 6.18 Å². The third kappa shape index (κ3) is 5.15. The highest BCUT2D eigenvalue weighted by atomic mass is 19.4. The van der Waals surface area contributed by atoms with Gasteiger partial charge in [-0.2, -0.15) is 18.3 Å². The summed E-state index contributed by atoms with van der Waals surface area (Å²) in [6.45, 7) is 1.29. The number of nitrogens with zero attached hydrogens (tertiary/aromatic N) is 3. The minimum Gasteiger partial charge on any atom is -0.493 e. The van der Waals surface area contributed by atoms with Crippen molar-refractivity contribution in [2.45, 2.75) is 13.1 Å². The van der Waals surface area contributed by atoms with Gasteiger partial charge in [0.2, 0.25) is 0 Å². The van der Waals surface area contributed by atoms with Crippen LogP contribution >= 0.6 is 0 Å². The SMILES string of the molecule is COc1ccc(-c2cc(C(F)(F)F)n3ncc(C(=O)Nc4cc(OC)c(OC)cc4C(C)=O)c3n2)cc1OC. The summed E-state index contributed by atoms with van der Waals surface area (Å²) >= 11 is 0. The Morgan fingerprint density at radius 2 is 1.46 bits per heavy atom. The quantitative estimate of drug-likeness (QED) is 0.312. The molecule has 2 aromatic carbocycles. The highest BCUT2D eigenvalue weighted by Crippen LogP contribution is 2.37. The number of aromatic nitrogens is 3. The Bertz CT molecular complexity index is 1580. The van der Waals surface area contributed by atoms with Crippen molar-refractivity contribution in [2.75, 3.05) is 33.8 Å². The maximum atomic E-state index is 14.0. The first-order chi connectivity index (χ1) is 18.5. The van der Waals surface area contributed by atoms with Crippen LogP contribution in [-0.4, -0.2) is 54.7 Å². The van der Waals surface area contributed by atoms with Crippen LogP contribution in [0.5, 0.6) is 23.0 Å². The predicted molar refractivity (Wildman–Crippen MR) is 134 cm³/mol. The van der Waals surface area contributed by atoms with Crippen molar-refractivity contribution in [1.82, 2.24) is 14.6 Å². The molecule has 39 heavy (non-hydrogen) atoms. The number of amides is 1. The van der Waals surface area contributed by atoms with E-state index in [9.17, 15) is 22.8 Å². The molecule has 4 aromatic rings. The van der Waals surface area contributed by atoms with E-state index >= 15 is 0 Å². The number of methoxy groups -OCH3 is 4. The number of rotatable bonds is 8. The lowest BCUT2D eigenvalue weighted by Crippen LogP contribution is -2.17. The second-order valence-electron chi connectivity index (χ2n) is 8.15. The van der Waals surface area contributed by atoms with Crippen LogP contribution in [0.4, 0.5) is 18.9 Å². The summed E-state index contributed by atoms with van der Waals surface area (Å²) < 4.78 is 63.6. The topological polar surface area (TPSA) is 113 Å². The molecule has 0 spiro atoms. The van der Waals surface area contributed by atoms with E-state index in [1.54, 1.807) is 0 Å². The fourth-order valence-electron chi connectivity index (χ4n) is 3.93. The van der Waals surface area contributed by atoms with Crippen LogP contribution in [0.15, 0.2) is 42.6 Å². The second kappa shape index (κ2) is 10.5. The number of fused-ring (bicyclic) bond motifs is 1. The van der Waals surface area contributed by atoms with Crippen molar-refractivity contribution in [3.63, 3.8) is 0 Å². The van der Waals surface area contributed by atoms with Gasteiger partial charge in [-0.05, 0) is 37.3 Å². The molecule has 0 aliphatic carbocycles. The van der Waals surface area contributed by atoms with Crippen LogP contribution < -0.4 is 24.3 Å². The van der Waals surface area contributed by atoms with Gasteiger partial charge in [0.1, 0.15) is 5.56 Å². The molecular weight excluding hydrogens is 521 g/mol. The number of halogens is 3. The zero-order valence-electron chi connectivity index (χ0n) is 21.5. The van der Waals surface area contributed by atoms with Crippen LogP contribution in [0.3, 0.4) is 0 Å². The monoisotopic (exact) mass is 544 g/mol. The predicted octanol–water partition coefficient (Wildman–Crippen LogP) is 4.90. The lowest BCUT2D eigenvalue weighted by atomic mass is 10.1. The standard InChI is InChI=1S/C26H23F3N4O6/c1-13(34)15-9-21(38-4)22(39-5)10-18(15)32-25(35)16-12-30-33-23(26(27,28)29)11-17(31-24(16)33)14-6-7-19(36-2)20(8-14)37-3/h6-12H,1-5H3,(H,32,35). The molecule has 0 aliphatic rings. The first kappa shape index (κ1) is 27.2. The molecule has 0 unspecified atom stereocenters. The molecule has 2 aromatic heterocycles. The van der Waals surface area contributed by atoms with Crippen LogP contribution in [0.25, 0.3) is 16.9 Å². The maximum Gasteiger partial charge on any atom is 0.433 e. The Labute approximate surface area is 220 Å². The summed E-state index contributed by atoms with van der Waals surface area (Å²) in [7, 11) is 5.58. The molecule has 0 atom stereocenters. The Morgan fingerprint density at radius 1 is 0.846 bits per heavy atom. The number of ketones is 1. The molecule has 1 amide bonds. The van der Waals surface area contributed by atoms with Crippen LogP contribution in [0, 0.1) is 0 Å². The number of hydrogen-bond donors (Lipinski definition) is 1. The molecule has 13 heteroatoms. The lowest BCUT2D eigenvalue weighted by Gasteiger charge is -2.15. The van der Waals surface area contributed by atoms with E-state index in [0.717, 1.165) is 12.3 Å². The number of ether oxygens (including phenoxy) is 4. The molecule has 10 nitrogen and oxygen atoms in total. The van der Waals surface area contributed by atoms with Gasteiger partial charge in [-0.3, -0.25) is 9.59 Å². The molecule has 0 aliphatic heterocycles. The summed E-state index contributed by atoms with van der Waals surface area (Å²) in [5, 5.41) is 6.34. The van der Waals surface area contributed by atoms with Crippen molar-refractivity contribution in [3.8, 4) is 34.3 Å². The van der Waals surface area contributed by atoms with Crippen molar-refractivity contribution in [3.05, 3.63) is 59.4 Å². The van der Waals surface area contributed by atoms with E-state index in [2.05, 4.69) is 15.4 Å². The molecule has 204 valence electrons. The Kier molecular flexibility index (Phi) is 7.34. The summed E-state index contributed by atoms with van der Waals surface area (Å²) in [5.41, 5.74) is -1.38. The minimum absolute atomic E-state index is 0.0663. The molecule has 1 N–H and O–H groups in total. The van der Waals surface area contributed by atoms with Crippen molar-refractivity contribution in [1.29, 1.82) is 0 Å². The average molecular weight is 544 g/mol. The van der Waals surface area contributed by atoms with Crippen molar-refractivity contribution in [2.24, 2.45) is 0 Å². The van der Waals surface area contributed by atoms with E-state index in [-0.39, 0.29) is 56.8 Å². The van der Waals surface area contributed by atoms with Gasteiger partial charge in [-0.1, -0.05) is 0 Å². The highest BCUT2D eigenvalue weighted by molar-refractivity contribution is 6.12. The molecule has 0 radical (unpaired) electrons. The van der Waals surface area contributed by atoms with E-state index in [1.807, 2.05) is 0 Å². The number of carbonyl (C=O) groups is 2. The smallest absolute Gasteiger partial charge is 0.433 e. The fraction of sp³-hybridized carbons (Fsp3) is 0.231. The zero-order valence-corrected chi connectivity index (χ0v) is 21.5. The first-order valence-corrected chi connectivity index (χ1v) is 11.3. The molecule has 0 saturated carbocycles. The number of benzene rings is 2. The number of hydrogen-bond acceptors (Lipinski definition) is 8. The van der Waals surface area contributed by atoms with Gasteiger partial charge in [0, 0.05) is 17.2 Å². The first-order valence-electron chi connectivity index (χ1n) is 11.3. The number of carbonyl (C=O) groups excluding carboxylic acids is 2. The third-order valence-electron chi connectivity index (χ3n) is 5.84. The summed E-state index contributed by atoms with van der Waals surface area (Å²) in [5.74, 6) is -0.0938. The lowest BCUT2D eigenvalue weighted by molar-refractivity contribution is -0.142. The fourth-order valence-corrected chi connectivity index (χ4v) is 3.93. The molecule has 2 heterocycles. The number of Topliss-reactive ketones (excluding diaryl/α,β-unsaturated/α-hetero) is 1. The largest absolute Gasteiger partial charge is 0.493 e. The van der Waals surface area contributed by atoms with Crippen molar-refractivity contribution < 1.29 is 41.7 Å². The summed E-state index contributed by atoms with van der Waals surface area (Å²) in [6, 6.07) is 8.10. The van der Waals surface area contributed by atoms with Gasteiger partial charge in [-0.15, -0.1) is 0 Å². The molecule has 0 bridgehead atoms. The highest BCUT2D eigenvalue weighted by Gasteiger charge is 2.36.